The van der Waals surface area contributed by atoms with E-state index in [0.29, 0.717) is 10.6 Å². The van der Waals surface area contributed by atoms with Crippen molar-refractivity contribution in [2.45, 2.75) is 69.7 Å². The molecule has 1 aromatic rings. The second-order valence-corrected chi connectivity index (χ2v) is 8.79. The number of hydrogen-bond donors (Lipinski definition) is 0. The molecule has 130 valence electrons. The van der Waals surface area contributed by atoms with Crippen LogP contribution in [0.1, 0.15) is 63.0 Å². The third-order valence-corrected chi connectivity index (χ3v) is 6.85. The molecule has 1 aromatic carbocycles. The summed E-state index contributed by atoms with van der Waals surface area (Å²) in [5, 5.41) is 0. The van der Waals surface area contributed by atoms with E-state index in [0.717, 1.165) is 36.8 Å². The highest BCUT2D eigenvalue weighted by molar-refractivity contribution is 7.89. The lowest BCUT2D eigenvalue weighted by atomic mass is 9.96. The maximum absolute atomic E-state index is 13.1. The Kier molecular flexibility index (Phi) is 5.74. The molecule has 0 amide bonds. The van der Waals surface area contributed by atoms with Crippen molar-refractivity contribution in [2.24, 2.45) is 0 Å². The molecular formula is C18H29NO3S. The molecule has 2 rings (SSSR count). The number of methoxy groups -OCH3 is 1. The molecule has 0 unspecified atom stereocenters. The Labute approximate surface area is 140 Å². The maximum Gasteiger partial charge on any atom is 0.246 e. The van der Waals surface area contributed by atoms with Crippen molar-refractivity contribution in [3.63, 3.8) is 0 Å². The summed E-state index contributed by atoms with van der Waals surface area (Å²) >= 11 is 0. The average molecular weight is 340 g/mol. The Morgan fingerprint density at radius 3 is 2.30 bits per heavy atom. The molecule has 0 aliphatic heterocycles. The van der Waals surface area contributed by atoms with Gasteiger partial charge in [-0.05, 0) is 48.9 Å². The van der Waals surface area contributed by atoms with E-state index in [1.807, 2.05) is 13.0 Å². The standard InChI is InChI=1S/C18H29NO3S/c1-13(2)16-12-18(17(22-5)11-14(16)3)23(20,21)19(4)15-9-7-6-8-10-15/h11-13,15H,6-10H2,1-5H3. The molecule has 0 radical (unpaired) electrons. The van der Waals surface area contributed by atoms with Gasteiger partial charge in [0.25, 0.3) is 0 Å². The minimum Gasteiger partial charge on any atom is -0.495 e. The van der Waals surface area contributed by atoms with Crippen LogP contribution in [0.3, 0.4) is 0 Å². The molecule has 5 heteroatoms. The van der Waals surface area contributed by atoms with Gasteiger partial charge in [-0.3, -0.25) is 0 Å². The number of benzene rings is 1. The summed E-state index contributed by atoms with van der Waals surface area (Å²) in [5.41, 5.74) is 2.12. The molecule has 0 bridgehead atoms. The highest BCUT2D eigenvalue weighted by atomic mass is 32.2. The summed E-state index contributed by atoms with van der Waals surface area (Å²) in [6.45, 7) is 6.16. The molecule has 0 saturated heterocycles. The third-order valence-electron chi connectivity index (χ3n) is 4.92. The summed E-state index contributed by atoms with van der Waals surface area (Å²) in [4.78, 5) is 0.294. The monoisotopic (exact) mass is 339 g/mol. The molecule has 0 aromatic heterocycles. The van der Waals surface area contributed by atoms with E-state index in [9.17, 15) is 8.42 Å². The predicted octanol–water partition coefficient (Wildman–Crippen LogP) is 4.08. The van der Waals surface area contributed by atoms with Crippen molar-refractivity contribution in [3.8, 4) is 5.75 Å². The number of aryl methyl sites for hydroxylation is 1. The molecule has 1 saturated carbocycles. The number of nitrogens with zero attached hydrogens (tertiary/aromatic N) is 1. The Morgan fingerprint density at radius 2 is 1.78 bits per heavy atom. The highest BCUT2D eigenvalue weighted by Gasteiger charge is 2.32. The average Bonchev–Trinajstić information content (AvgIpc) is 2.53. The van der Waals surface area contributed by atoms with Crippen LogP contribution < -0.4 is 4.74 Å². The van der Waals surface area contributed by atoms with Gasteiger partial charge in [0.2, 0.25) is 10.0 Å². The van der Waals surface area contributed by atoms with Crippen LogP contribution in [0.5, 0.6) is 5.75 Å². The molecule has 0 atom stereocenters. The van der Waals surface area contributed by atoms with E-state index >= 15 is 0 Å². The van der Waals surface area contributed by atoms with Crippen LogP contribution in [0.2, 0.25) is 0 Å². The van der Waals surface area contributed by atoms with Gasteiger partial charge in [-0.1, -0.05) is 33.1 Å². The SMILES string of the molecule is COc1cc(C)c(C(C)C)cc1S(=O)(=O)N(C)C1CCCCC1. The molecule has 23 heavy (non-hydrogen) atoms. The molecule has 0 spiro atoms. The second-order valence-electron chi connectivity index (χ2n) is 6.83. The molecule has 1 aliphatic rings. The van der Waals surface area contributed by atoms with Crippen LogP contribution >= 0.6 is 0 Å². The van der Waals surface area contributed by atoms with Crippen LogP contribution in [0.25, 0.3) is 0 Å². The zero-order valence-corrected chi connectivity index (χ0v) is 15.7. The number of hydrogen-bond acceptors (Lipinski definition) is 3. The van der Waals surface area contributed by atoms with Crippen molar-refractivity contribution in [1.29, 1.82) is 0 Å². The largest absolute Gasteiger partial charge is 0.495 e. The van der Waals surface area contributed by atoms with Gasteiger partial charge in [-0.2, -0.15) is 4.31 Å². The summed E-state index contributed by atoms with van der Waals surface area (Å²) in [5.74, 6) is 0.712. The normalized spacial score (nSPS) is 17.0. The first-order chi connectivity index (χ1) is 10.8. The van der Waals surface area contributed by atoms with Crippen LogP contribution in [0.4, 0.5) is 0 Å². The molecule has 1 fully saturated rings. The summed E-state index contributed by atoms with van der Waals surface area (Å²) < 4.78 is 33.2. The molecule has 4 nitrogen and oxygen atoms in total. The van der Waals surface area contributed by atoms with E-state index in [-0.39, 0.29) is 12.0 Å². The minimum absolute atomic E-state index is 0.0993. The quantitative estimate of drug-likeness (QED) is 0.812. The molecule has 0 N–H and O–H groups in total. The number of sulfonamides is 1. The number of ether oxygens (including phenoxy) is 1. The van der Waals surface area contributed by atoms with Gasteiger partial charge in [0.05, 0.1) is 7.11 Å². The van der Waals surface area contributed by atoms with Gasteiger partial charge in [0.15, 0.2) is 0 Å². The van der Waals surface area contributed by atoms with E-state index in [1.165, 1.54) is 13.5 Å². The van der Waals surface area contributed by atoms with Crippen molar-refractivity contribution in [1.82, 2.24) is 4.31 Å². The zero-order chi connectivity index (χ0) is 17.2. The fourth-order valence-corrected chi connectivity index (χ4v) is 5.04. The lowest BCUT2D eigenvalue weighted by Gasteiger charge is -2.31. The van der Waals surface area contributed by atoms with E-state index in [2.05, 4.69) is 13.8 Å². The van der Waals surface area contributed by atoms with Gasteiger partial charge in [-0.25, -0.2) is 8.42 Å². The summed E-state index contributed by atoms with van der Waals surface area (Å²) in [6, 6.07) is 3.74. The highest BCUT2D eigenvalue weighted by Crippen LogP contribution is 2.34. The first-order valence-electron chi connectivity index (χ1n) is 8.45. The zero-order valence-electron chi connectivity index (χ0n) is 14.9. The van der Waals surface area contributed by atoms with E-state index in [4.69, 9.17) is 4.74 Å². The maximum atomic E-state index is 13.1. The summed E-state index contributed by atoms with van der Waals surface area (Å²) in [7, 11) is -0.307. The fourth-order valence-electron chi connectivity index (χ4n) is 3.46. The van der Waals surface area contributed by atoms with Gasteiger partial charge in [0, 0.05) is 13.1 Å². The smallest absolute Gasteiger partial charge is 0.246 e. The third kappa shape index (κ3) is 3.72. The molecular weight excluding hydrogens is 310 g/mol. The van der Waals surface area contributed by atoms with Crippen LogP contribution in [-0.2, 0) is 10.0 Å². The summed E-state index contributed by atoms with van der Waals surface area (Å²) in [6.07, 6.45) is 5.30. The van der Waals surface area contributed by atoms with E-state index < -0.39 is 10.0 Å². The van der Waals surface area contributed by atoms with Crippen LogP contribution in [-0.4, -0.2) is 32.9 Å². The first-order valence-corrected chi connectivity index (χ1v) is 9.89. The lowest BCUT2D eigenvalue weighted by Crippen LogP contribution is -2.38. The van der Waals surface area contributed by atoms with Crippen LogP contribution in [0, 0.1) is 6.92 Å². The van der Waals surface area contributed by atoms with Crippen molar-refractivity contribution >= 4 is 10.0 Å². The van der Waals surface area contributed by atoms with E-state index in [1.54, 1.807) is 17.4 Å². The van der Waals surface area contributed by atoms with Gasteiger partial charge in [-0.15, -0.1) is 0 Å². The Balaban J connectivity index is 2.47. The lowest BCUT2D eigenvalue weighted by molar-refractivity contribution is 0.284. The van der Waals surface area contributed by atoms with Crippen molar-refractivity contribution in [2.75, 3.05) is 14.2 Å². The Hall–Kier alpha value is -1.07. The predicted molar refractivity (Wildman–Crippen MR) is 93.6 cm³/mol. The molecule has 1 aliphatic carbocycles. The van der Waals surface area contributed by atoms with Gasteiger partial charge in [0.1, 0.15) is 10.6 Å². The molecule has 0 heterocycles. The Bertz CT molecular complexity index is 646. The topological polar surface area (TPSA) is 46.6 Å². The van der Waals surface area contributed by atoms with Crippen molar-refractivity contribution in [3.05, 3.63) is 23.3 Å². The van der Waals surface area contributed by atoms with Gasteiger partial charge < -0.3 is 4.74 Å². The van der Waals surface area contributed by atoms with Gasteiger partial charge >= 0.3 is 0 Å². The van der Waals surface area contributed by atoms with Crippen LogP contribution in [0.15, 0.2) is 17.0 Å². The second kappa shape index (κ2) is 7.22. The van der Waals surface area contributed by atoms with Crippen molar-refractivity contribution < 1.29 is 13.2 Å². The first kappa shape index (κ1) is 18.3. The minimum atomic E-state index is -3.55. The fraction of sp³-hybridized carbons (Fsp3) is 0.667. The Morgan fingerprint density at radius 1 is 1.17 bits per heavy atom. The number of rotatable bonds is 5.